The van der Waals surface area contributed by atoms with E-state index < -0.39 is 10.0 Å². The molecule has 0 aliphatic carbocycles. The van der Waals surface area contributed by atoms with Gasteiger partial charge in [0.15, 0.2) is 0 Å². The monoisotopic (exact) mass is 307 g/mol. The molecular formula is C15H21N3O2S. The molecule has 0 spiro atoms. The first-order valence-electron chi connectivity index (χ1n) is 7.34. The number of unbranched alkanes of at least 4 members (excludes halogenated alkanes) is 1. The van der Waals surface area contributed by atoms with Gasteiger partial charge in [0.25, 0.3) is 0 Å². The summed E-state index contributed by atoms with van der Waals surface area (Å²) >= 11 is 0. The van der Waals surface area contributed by atoms with Gasteiger partial charge in [-0.25, -0.2) is 13.1 Å². The van der Waals surface area contributed by atoms with E-state index in [-0.39, 0.29) is 4.90 Å². The second-order valence-electron chi connectivity index (χ2n) is 5.29. The summed E-state index contributed by atoms with van der Waals surface area (Å²) in [7, 11) is -3.46. The topological polar surface area (TPSA) is 73.2 Å². The Morgan fingerprint density at radius 1 is 1.14 bits per heavy atom. The molecule has 0 saturated carbocycles. The number of nitriles is 1. The Hall–Kier alpha value is -1.42. The van der Waals surface area contributed by atoms with E-state index in [1.165, 1.54) is 50.2 Å². The molecule has 0 atom stereocenters. The first-order valence-corrected chi connectivity index (χ1v) is 8.82. The van der Waals surface area contributed by atoms with Crippen LogP contribution in [0.15, 0.2) is 29.2 Å². The van der Waals surface area contributed by atoms with Crippen LogP contribution >= 0.6 is 0 Å². The van der Waals surface area contributed by atoms with Gasteiger partial charge in [0.05, 0.1) is 16.5 Å². The molecular weight excluding hydrogens is 286 g/mol. The summed E-state index contributed by atoms with van der Waals surface area (Å²) in [5, 5.41) is 8.70. The highest BCUT2D eigenvalue weighted by atomic mass is 32.2. The van der Waals surface area contributed by atoms with Crippen LogP contribution in [0.5, 0.6) is 0 Å². The number of rotatable bonds is 7. The van der Waals surface area contributed by atoms with Crippen LogP contribution in [-0.4, -0.2) is 39.5 Å². The molecule has 0 bridgehead atoms. The lowest BCUT2D eigenvalue weighted by atomic mass is 10.2. The van der Waals surface area contributed by atoms with Crippen molar-refractivity contribution < 1.29 is 8.42 Å². The fourth-order valence-corrected chi connectivity index (χ4v) is 3.54. The van der Waals surface area contributed by atoms with Gasteiger partial charge in [-0.1, -0.05) is 0 Å². The van der Waals surface area contributed by atoms with Gasteiger partial charge < -0.3 is 4.90 Å². The normalized spacial score (nSPS) is 16.0. The van der Waals surface area contributed by atoms with Crippen LogP contribution in [0.2, 0.25) is 0 Å². The van der Waals surface area contributed by atoms with Gasteiger partial charge in [0, 0.05) is 6.54 Å². The third-order valence-electron chi connectivity index (χ3n) is 3.69. The molecule has 1 saturated heterocycles. The highest BCUT2D eigenvalue weighted by Crippen LogP contribution is 2.11. The maximum Gasteiger partial charge on any atom is 0.240 e. The zero-order valence-corrected chi connectivity index (χ0v) is 12.9. The third kappa shape index (κ3) is 4.81. The van der Waals surface area contributed by atoms with E-state index in [1.807, 2.05) is 6.07 Å². The van der Waals surface area contributed by atoms with Crippen molar-refractivity contribution in [3.8, 4) is 6.07 Å². The summed E-state index contributed by atoms with van der Waals surface area (Å²) in [5.41, 5.74) is 0.458. The fourth-order valence-electron chi connectivity index (χ4n) is 2.47. The first kappa shape index (κ1) is 16.0. The van der Waals surface area contributed by atoms with E-state index in [9.17, 15) is 8.42 Å². The number of nitrogens with zero attached hydrogens (tertiary/aromatic N) is 2. The molecule has 1 fully saturated rings. The van der Waals surface area contributed by atoms with E-state index in [0.717, 1.165) is 19.4 Å². The smallest absolute Gasteiger partial charge is 0.240 e. The highest BCUT2D eigenvalue weighted by Gasteiger charge is 2.13. The number of benzene rings is 1. The summed E-state index contributed by atoms with van der Waals surface area (Å²) in [6, 6.07) is 7.93. The minimum absolute atomic E-state index is 0.209. The fraction of sp³-hybridized carbons (Fsp3) is 0.533. The number of hydrogen-bond donors (Lipinski definition) is 1. The van der Waals surface area contributed by atoms with Crippen molar-refractivity contribution in [1.82, 2.24) is 9.62 Å². The number of sulfonamides is 1. The lowest BCUT2D eigenvalue weighted by molar-refractivity contribution is 0.330. The average molecular weight is 307 g/mol. The average Bonchev–Trinajstić information content (AvgIpc) is 3.00. The van der Waals surface area contributed by atoms with Crippen molar-refractivity contribution in [3.63, 3.8) is 0 Å². The number of likely N-dealkylation sites (tertiary alicyclic amines) is 1. The second-order valence-corrected chi connectivity index (χ2v) is 7.06. The van der Waals surface area contributed by atoms with Gasteiger partial charge in [0.2, 0.25) is 10.0 Å². The van der Waals surface area contributed by atoms with E-state index >= 15 is 0 Å². The lowest BCUT2D eigenvalue weighted by Gasteiger charge is -2.14. The largest absolute Gasteiger partial charge is 0.303 e. The minimum Gasteiger partial charge on any atom is -0.303 e. The van der Waals surface area contributed by atoms with Gasteiger partial charge in [-0.2, -0.15) is 5.26 Å². The summed E-state index contributed by atoms with van der Waals surface area (Å²) in [4.78, 5) is 2.64. The van der Waals surface area contributed by atoms with Crippen LogP contribution in [0.3, 0.4) is 0 Å². The minimum atomic E-state index is -3.46. The van der Waals surface area contributed by atoms with Gasteiger partial charge in [-0.3, -0.25) is 0 Å². The van der Waals surface area contributed by atoms with E-state index in [0.29, 0.717) is 12.1 Å². The summed E-state index contributed by atoms with van der Waals surface area (Å²) in [6.07, 6.45) is 4.42. The zero-order valence-electron chi connectivity index (χ0n) is 12.1. The van der Waals surface area contributed by atoms with Crippen molar-refractivity contribution in [1.29, 1.82) is 5.26 Å². The van der Waals surface area contributed by atoms with Crippen molar-refractivity contribution >= 4 is 10.0 Å². The van der Waals surface area contributed by atoms with Gasteiger partial charge >= 0.3 is 0 Å². The third-order valence-corrected chi connectivity index (χ3v) is 5.16. The Kier molecular flexibility index (Phi) is 5.74. The maximum atomic E-state index is 12.0. The van der Waals surface area contributed by atoms with Crippen LogP contribution in [0.25, 0.3) is 0 Å². The van der Waals surface area contributed by atoms with Crippen LogP contribution < -0.4 is 4.72 Å². The SMILES string of the molecule is N#Cc1ccc(S(=O)(=O)NCCCCN2CCCC2)cc1. The molecule has 1 aromatic carbocycles. The van der Waals surface area contributed by atoms with E-state index in [4.69, 9.17) is 5.26 Å². The Balaban J connectivity index is 1.74. The van der Waals surface area contributed by atoms with E-state index in [1.54, 1.807) is 0 Å². The highest BCUT2D eigenvalue weighted by molar-refractivity contribution is 7.89. The van der Waals surface area contributed by atoms with Crippen molar-refractivity contribution in [2.24, 2.45) is 0 Å². The summed E-state index contributed by atoms with van der Waals surface area (Å²) < 4.78 is 26.7. The predicted molar refractivity (Wildman–Crippen MR) is 81.3 cm³/mol. The molecule has 6 heteroatoms. The van der Waals surface area contributed by atoms with Crippen LogP contribution in [-0.2, 0) is 10.0 Å². The molecule has 1 heterocycles. The molecule has 0 amide bonds. The molecule has 114 valence electrons. The van der Waals surface area contributed by atoms with Crippen LogP contribution in [0.4, 0.5) is 0 Å². The molecule has 1 N–H and O–H groups in total. The van der Waals surface area contributed by atoms with Crippen LogP contribution in [0, 0.1) is 11.3 Å². The van der Waals surface area contributed by atoms with Crippen molar-refractivity contribution in [2.75, 3.05) is 26.2 Å². The molecule has 1 aromatic rings. The Labute approximate surface area is 126 Å². The Bertz CT molecular complexity index is 584. The number of nitrogens with one attached hydrogen (secondary N) is 1. The molecule has 21 heavy (non-hydrogen) atoms. The van der Waals surface area contributed by atoms with Crippen molar-refractivity contribution in [3.05, 3.63) is 29.8 Å². The molecule has 1 aliphatic heterocycles. The molecule has 1 aliphatic rings. The molecule has 2 rings (SSSR count). The maximum absolute atomic E-state index is 12.0. The van der Waals surface area contributed by atoms with Crippen molar-refractivity contribution in [2.45, 2.75) is 30.6 Å². The predicted octanol–water partition coefficient (Wildman–Crippen LogP) is 1.71. The van der Waals surface area contributed by atoms with Crippen LogP contribution in [0.1, 0.15) is 31.2 Å². The molecule has 0 unspecified atom stereocenters. The van der Waals surface area contributed by atoms with Gasteiger partial charge in [-0.15, -0.1) is 0 Å². The number of hydrogen-bond acceptors (Lipinski definition) is 4. The molecule has 0 radical (unpaired) electrons. The summed E-state index contributed by atoms with van der Waals surface area (Å²) in [5.74, 6) is 0. The molecule has 5 nitrogen and oxygen atoms in total. The standard InChI is InChI=1S/C15H21N3O2S/c16-13-14-5-7-15(8-6-14)21(19,20)17-9-1-2-10-18-11-3-4-12-18/h5-8,17H,1-4,9-12H2. The quantitative estimate of drug-likeness (QED) is 0.778. The zero-order chi connectivity index (χ0) is 15.1. The summed E-state index contributed by atoms with van der Waals surface area (Å²) in [6.45, 7) is 3.86. The molecule has 0 aromatic heterocycles. The Morgan fingerprint density at radius 2 is 1.81 bits per heavy atom. The lowest BCUT2D eigenvalue weighted by Crippen LogP contribution is -2.26. The first-order chi connectivity index (χ1) is 10.1. The Morgan fingerprint density at radius 3 is 2.43 bits per heavy atom. The van der Waals surface area contributed by atoms with E-state index in [2.05, 4.69) is 9.62 Å². The second kappa shape index (κ2) is 7.55. The van der Waals surface area contributed by atoms with Gasteiger partial charge in [0.1, 0.15) is 0 Å². The van der Waals surface area contributed by atoms with Gasteiger partial charge in [-0.05, 0) is 69.6 Å².